The quantitative estimate of drug-likeness (QED) is 0.447. The van der Waals surface area contributed by atoms with Gasteiger partial charge in [0.1, 0.15) is 17.7 Å². The highest BCUT2D eigenvalue weighted by molar-refractivity contribution is 5.93. The maximum Gasteiger partial charge on any atom is 0.410 e. The lowest BCUT2D eigenvalue weighted by molar-refractivity contribution is -0.141. The van der Waals surface area contributed by atoms with Gasteiger partial charge in [0, 0.05) is 19.5 Å². The maximum absolute atomic E-state index is 14.1. The van der Waals surface area contributed by atoms with Gasteiger partial charge in [0.25, 0.3) is 0 Å². The van der Waals surface area contributed by atoms with Crippen LogP contribution in [0.15, 0.2) is 43.0 Å². The minimum atomic E-state index is -0.951. The Kier molecular flexibility index (Phi) is 10.6. The number of benzene rings is 1. The molecule has 0 heterocycles. The smallest absolute Gasteiger partial charge is 0.410 e. The first kappa shape index (κ1) is 32.2. The monoisotopic (exact) mass is 515 g/mol. The van der Waals surface area contributed by atoms with Crippen LogP contribution in [0.3, 0.4) is 0 Å². The van der Waals surface area contributed by atoms with Crippen LogP contribution in [-0.4, -0.2) is 65.5 Å². The molecule has 0 bridgehead atoms. The van der Waals surface area contributed by atoms with Gasteiger partial charge in [0.05, 0.1) is 6.04 Å². The Bertz CT molecular complexity index is 942. The molecule has 1 N–H and O–H groups in total. The standard InChI is InChI=1S/C30H49N3O4/c1-14-22(20(2)3)32(12)26(35)23(28(4,5)6)31-25(34)24(33(13)27(36)37-29(7,8)9)30(10,11)21-18-16-15-17-19-21/h14-20,22-24H,1H2,2-13H3,(H,31,34)/t22-,23-,24-/m1/s1. The third-order valence-corrected chi connectivity index (χ3v) is 6.64. The zero-order valence-electron chi connectivity index (χ0n) is 25.0. The average molecular weight is 516 g/mol. The van der Waals surface area contributed by atoms with Gasteiger partial charge in [0.2, 0.25) is 11.8 Å². The maximum atomic E-state index is 14.1. The van der Waals surface area contributed by atoms with Crippen molar-refractivity contribution in [2.24, 2.45) is 11.3 Å². The molecule has 0 saturated heterocycles. The predicted molar refractivity (Wildman–Crippen MR) is 150 cm³/mol. The first-order valence-electron chi connectivity index (χ1n) is 13.0. The molecule has 37 heavy (non-hydrogen) atoms. The number of hydrogen-bond donors (Lipinski definition) is 1. The van der Waals surface area contributed by atoms with Crippen molar-refractivity contribution < 1.29 is 19.1 Å². The van der Waals surface area contributed by atoms with Crippen molar-refractivity contribution in [3.05, 3.63) is 48.6 Å². The van der Waals surface area contributed by atoms with E-state index in [1.807, 2.05) is 78.8 Å². The Hall–Kier alpha value is -2.83. The number of ether oxygens (including phenoxy) is 1. The highest BCUT2D eigenvalue weighted by atomic mass is 16.6. The fourth-order valence-corrected chi connectivity index (χ4v) is 4.55. The zero-order valence-corrected chi connectivity index (χ0v) is 25.0. The summed E-state index contributed by atoms with van der Waals surface area (Å²) in [5.74, 6) is -0.481. The number of rotatable bonds is 9. The van der Waals surface area contributed by atoms with E-state index in [9.17, 15) is 14.4 Å². The van der Waals surface area contributed by atoms with Crippen molar-refractivity contribution in [3.63, 3.8) is 0 Å². The largest absolute Gasteiger partial charge is 0.444 e. The summed E-state index contributed by atoms with van der Waals surface area (Å²) in [5.41, 5.74) is -1.23. The Morgan fingerprint density at radius 2 is 1.43 bits per heavy atom. The zero-order chi connectivity index (χ0) is 28.9. The Morgan fingerprint density at radius 3 is 1.84 bits per heavy atom. The van der Waals surface area contributed by atoms with Crippen LogP contribution in [0.1, 0.15) is 74.8 Å². The number of amides is 3. The third-order valence-electron chi connectivity index (χ3n) is 6.64. The van der Waals surface area contributed by atoms with Crippen LogP contribution >= 0.6 is 0 Å². The summed E-state index contributed by atoms with van der Waals surface area (Å²) in [5, 5.41) is 3.02. The van der Waals surface area contributed by atoms with Gasteiger partial charge in [0.15, 0.2) is 0 Å². The van der Waals surface area contributed by atoms with Crippen LogP contribution < -0.4 is 5.32 Å². The highest BCUT2D eigenvalue weighted by Crippen LogP contribution is 2.32. The minimum absolute atomic E-state index is 0.158. The van der Waals surface area contributed by atoms with Crippen LogP contribution in [-0.2, 0) is 19.7 Å². The van der Waals surface area contributed by atoms with Crippen LogP contribution in [0.2, 0.25) is 0 Å². The van der Waals surface area contributed by atoms with Crippen LogP contribution in [0.4, 0.5) is 4.79 Å². The summed E-state index contributed by atoms with van der Waals surface area (Å²) >= 11 is 0. The number of carbonyl (C=O) groups excluding carboxylic acids is 3. The molecule has 0 aromatic heterocycles. The van der Waals surface area contributed by atoms with Crippen LogP contribution in [0, 0.1) is 11.3 Å². The minimum Gasteiger partial charge on any atom is -0.444 e. The molecule has 1 aromatic carbocycles. The first-order chi connectivity index (χ1) is 16.8. The fourth-order valence-electron chi connectivity index (χ4n) is 4.55. The van der Waals surface area contributed by atoms with Gasteiger partial charge < -0.3 is 15.0 Å². The van der Waals surface area contributed by atoms with Gasteiger partial charge >= 0.3 is 6.09 Å². The lowest BCUT2D eigenvalue weighted by Crippen LogP contribution is -2.63. The molecule has 7 heteroatoms. The molecule has 7 nitrogen and oxygen atoms in total. The van der Waals surface area contributed by atoms with E-state index < -0.39 is 40.5 Å². The summed E-state index contributed by atoms with van der Waals surface area (Å²) in [7, 11) is 3.30. The molecule has 0 aliphatic rings. The third kappa shape index (κ3) is 8.34. The van der Waals surface area contributed by atoms with E-state index in [4.69, 9.17) is 4.74 Å². The van der Waals surface area contributed by atoms with E-state index in [0.29, 0.717) is 0 Å². The summed E-state index contributed by atoms with van der Waals surface area (Å²) in [6, 6.07) is 7.60. The van der Waals surface area contributed by atoms with Crippen LogP contribution in [0.25, 0.3) is 0 Å². The molecule has 208 valence electrons. The molecule has 0 aliphatic heterocycles. The summed E-state index contributed by atoms with van der Waals surface area (Å²) in [6.45, 7) is 22.9. The SMILES string of the molecule is C=C[C@H](C(C)C)N(C)C(=O)[C@@H](NC(=O)[C@@H](N(C)C(=O)OC(C)(C)C)C(C)(C)c1ccccc1)C(C)(C)C. The number of nitrogens with zero attached hydrogens (tertiary/aromatic N) is 2. The van der Waals surface area contributed by atoms with Crippen molar-refractivity contribution in [2.75, 3.05) is 14.1 Å². The van der Waals surface area contributed by atoms with E-state index >= 15 is 0 Å². The molecule has 1 rings (SSSR count). The second-order valence-corrected chi connectivity index (χ2v) is 12.8. The second-order valence-electron chi connectivity index (χ2n) is 12.8. The van der Waals surface area contributed by atoms with E-state index in [-0.39, 0.29) is 17.9 Å². The average Bonchev–Trinajstić information content (AvgIpc) is 2.75. The Labute approximate surface area is 224 Å². The van der Waals surface area contributed by atoms with Crippen molar-refractivity contribution in [3.8, 4) is 0 Å². The van der Waals surface area contributed by atoms with Crippen molar-refractivity contribution in [2.45, 2.75) is 98.4 Å². The molecule has 0 unspecified atom stereocenters. The number of likely N-dealkylation sites (N-methyl/N-ethyl adjacent to an activating group) is 2. The number of carbonyl (C=O) groups is 3. The summed E-state index contributed by atoms with van der Waals surface area (Å²) in [6.07, 6.45) is 1.14. The van der Waals surface area contributed by atoms with Gasteiger partial charge in [-0.15, -0.1) is 6.58 Å². The lowest BCUT2D eigenvalue weighted by Gasteiger charge is -2.42. The van der Waals surface area contributed by atoms with E-state index in [0.717, 1.165) is 5.56 Å². The van der Waals surface area contributed by atoms with E-state index in [1.54, 1.807) is 45.8 Å². The molecule has 0 radical (unpaired) electrons. The highest BCUT2D eigenvalue weighted by Gasteiger charge is 2.45. The molecule has 3 amide bonds. The topological polar surface area (TPSA) is 79.0 Å². The van der Waals surface area contributed by atoms with Gasteiger partial charge in [-0.1, -0.05) is 84.9 Å². The predicted octanol–water partition coefficient (Wildman–Crippen LogP) is 5.40. The lowest BCUT2D eigenvalue weighted by atomic mass is 9.76. The first-order valence-corrected chi connectivity index (χ1v) is 13.0. The molecular weight excluding hydrogens is 466 g/mol. The normalized spacial score (nSPS) is 14.8. The Balaban J connectivity index is 3.53. The molecular formula is C30H49N3O4. The van der Waals surface area contributed by atoms with Gasteiger partial charge in [-0.3, -0.25) is 14.5 Å². The summed E-state index contributed by atoms with van der Waals surface area (Å²) < 4.78 is 5.61. The number of hydrogen-bond acceptors (Lipinski definition) is 4. The molecule has 1 aromatic rings. The van der Waals surface area contributed by atoms with Crippen LogP contribution in [0.5, 0.6) is 0 Å². The molecule has 3 atom stereocenters. The molecule has 0 fully saturated rings. The van der Waals surface area contributed by atoms with Gasteiger partial charge in [-0.25, -0.2) is 4.79 Å². The molecule has 0 aliphatic carbocycles. The molecule has 0 spiro atoms. The van der Waals surface area contributed by atoms with Crippen molar-refractivity contribution >= 4 is 17.9 Å². The Morgan fingerprint density at radius 1 is 0.919 bits per heavy atom. The van der Waals surface area contributed by atoms with E-state index in [1.165, 1.54) is 4.90 Å². The molecule has 0 saturated carbocycles. The van der Waals surface area contributed by atoms with Crippen molar-refractivity contribution in [1.29, 1.82) is 0 Å². The number of nitrogens with one attached hydrogen (secondary N) is 1. The van der Waals surface area contributed by atoms with Crippen molar-refractivity contribution in [1.82, 2.24) is 15.1 Å². The van der Waals surface area contributed by atoms with E-state index in [2.05, 4.69) is 11.9 Å². The fraction of sp³-hybridized carbons (Fsp3) is 0.633. The van der Waals surface area contributed by atoms with Gasteiger partial charge in [-0.05, 0) is 37.7 Å². The summed E-state index contributed by atoms with van der Waals surface area (Å²) in [4.78, 5) is 43.9. The van der Waals surface area contributed by atoms with Gasteiger partial charge in [-0.2, -0.15) is 0 Å². The second kappa shape index (κ2) is 12.1.